The third-order valence-corrected chi connectivity index (χ3v) is 3.61. The molecule has 0 amide bonds. The zero-order valence-electron chi connectivity index (χ0n) is 10.3. The molecule has 0 atom stereocenters. The van der Waals surface area contributed by atoms with Crippen molar-refractivity contribution in [2.75, 3.05) is 12.4 Å². The predicted octanol–water partition coefficient (Wildman–Crippen LogP) is 4.48. The number of hydrogen-bond donors (Lipinski definition) is 1. The van der Waals surface area contributed by atoms with Crippen molar-refractivity contribution in [2.45, 2.75) is 44.6 Å². The second kappa shape index (κ2) is 6.15. The number of nitrogens with one attached hydrogen (secondary N) is 1. The molecule has 1 saturated carbocycles. The molecule has 1 aromatic carbocycles. The highest BCUT2D eigenvalue weighted by atomic mass is 35.5. The molecule has 1 N–H and O–H groups in total. The smallest absolute Gasteiger partial charge is 0.142 e. The van der Waals surface area contributed by atoms with Crippen LogP contribution in [0.15, 0.2) is 18.2 Å². The van der Waals surface area contributed by atoms with Crippen LogP contribution in [0.25, 0.3) is 0 Å². The lowest BCUT2D eigenvalue weighted by Gasteiger charge is -2.19. The number of rotatable bonds is 3. The quantitative estimate of drug-likeness (QED) is 0.802. The van der Waals surface area contributed by atoms with Crippen LogP contribution >= 0.6 is 11.6 Å². The van der Waals surface area contributed by atoms with Crippen molar-refractivity contribution < 1.29 is 4.74 Å². The van der Waals surface area contributed by atoms with Crippen molar-refractivity contribution in [1.29, 1.82) is 0 Å². The molecule has 0 saturated heterocycles. The van der Waals surface area contributed by atoms with Gasteiger partial charge in [0.2, 0.25) is 0 Å². The van der Waals surface area contributed by atoms with Crippen LogP contribution in [0, 0.1) is 0 Å². The van der Waals surface area contributed by atoms with E-state index in [0.717, 1.165) is 16.5 Å². The van der Waals surface area contributed by atoms with E-state index >= 15 is 0 Å². The summed E-state index contributed by atoms with van der Waals surface area (Å²) in [5.74, 6) is 0.874. The zero-order valence-corrected chi connectivity index (χ0v) is 11.1. The van der Waals surface area contributed by atoms with Crippen LogP contribution < -0.4 is 10.1 Å². The van der Waals surface area contributed by atoms with E-state index in [2.05, 4.69) is 5.32 Å². The largest absolute Gasteiger partial charge is 0.495 e. The summed E-state index contributed by atoms with van der Waals surface area (Å²) in [7, 11) is 1.70. The van der Waals surface area contributed by atoms with Crippen molar-refractivity contribution in [3.05, 3.63) is 23.2 Å². The summed E-state index contributed by atoms with van der Waals surface area (Å²) in [5, 5.41) is 4.32. The summed E-state index contributed by atoms with van der Waals surface area (Å²) < 4.78 is 5.35. The van der Waals surface area contributed by atoms with Gasteiger partial charge in [-0.2, -0.15) is 0 Å². The molecular weight excluding hydrogens is 234 g/mol. The Morgan fingerprint density at radius 2 is 1.88 bits per heavy atom. The van der Waals surface area contributed by atoms with Crippen LogP contribution in [0.3, 0.4) is 0 Å². The van der Waals surface area contributed by atoms with Crippen LogP contribution in [0.5, 0.6) is 5.75 Å². The van der Waals surface area contributed by atoms with Gasteiger partial charge in [0.05, 0.1) is 12.8 Å². The second-order valence-corrected chi connectivity index (χ2v) is 5.11. The summed E-state index contributed by atoms with van der Waals surface area (Å²) in [6, 6.07) is 6.29. The van der Waals surface area contributed by atoms with Crippen LogP contribution in [0.2, 0.25) is 5.02 Å². The van der Waals surface area contributed by atoms with Gasteiger partial charge in [-0.1, -0.05) is 37.3 Å². The van der Waals surface area contributed by atoms with Gasteiger partial charge in [0.15, 0.2) is 0 Å². The first-order chi connectivity index (χ1) is 8.29. The molecule has 3 heteroatoms. The molecule has 0 radical (unpaired) electrons. The maximum absolute atomic E-state index is 6.03. The lowest BCUT2D eigenvalue weighted by Crippen LogP contribution is -2.18. The molecular formula is C14H20ClNO. The monoisotopic (exact) mass is 253 g/mol. The average Bonchev–Trinajstić information content (AvgIpc) is 2.58. The number of hydrogen-bond acceptors (Lipinski definition) is 2. The van der Waals surface area contributed by atoms with E-state index in [4.69, 9.17) is 16.3 Å². The molecule has 0 aliphatic heterocycles. The van der Waals surface area contributed by atoms with E-state index in [1.807, 2.05) is 18.2 Å². The molecule has 0 aromatic heterocycles. The fourth-order valence-corrected chi connectivity index (χ4v) is 2.61. The summed E-state index contributed by atoms with van der Waals surface area (Å²) >= 11 is 6.03. The summed E-state index contributed by atoms with van der Waals surface area (Å²) in [5.41, 5.74) is 1.02. The lowest BCUT2D eigenvalue weighted by atomic mass is 10.1. The van der Waals surface area contributed by atoms with E-state index < -0.39 is 0 Å². The average molecular weight is 254 g/mol. The Morgan fingerprint density at radius 3 is 2.53 bits per heavy atom. The number of methoxy groups -OCH3 is 1. The van der Waals surface area contributed by atoms with E-state index in [0.29, 0.717) is 6.04 Å². The molecule has 1 aliphatic carbocycles. The van der Waals surface area contributed by atoms with Crippen molar-refractivity contribution in [1.82, 2.24) is 0 Å². The fraction of sp³-hybridized carbons (Fsp3) is 0.571. The molecule has 1 aliphatic rings. The standard InChI is InChI=1S/C14H20ClNO/c1-17-14-9-8-11(15)10-13(14)16-12-6-4-2-3-5-7-12/h8-10,12,16H,2-7H2,1H3. The third kappa shape index (κ3) is 3.53. The zero-order chi connectivity index (χ0) is 12.1. The van der Waals surface area contributed by atoms with Crippen molar-refractivity contribution in [3.8, 4) is 5.75 Å². The van der Waals surface area contributed by atoms with Crippen molar-refractivity contribution in [2.24, 2.45) is 0 Å². The van der Waals surface area contributed by atoms with Crippen molar-refractivity contribution >= 4 is 17.3 Å². The number of benzene rings is 1. The molecule has 2 rings (SSSR count). The van der Waals surface area contributed by atoms with E-state index in [1.165, 1.54) is 38.5 Å². The Bertz CT molecular complexity index is 359. The minimum absolute atomic E-state index is 0.560. The number of halogens is 1. The van der Waals surface area contributed by atoms with Crippen LogP contribution in [0.4, 0.5) is 5.69 Å². The van der Waals surface area contributed by atoms with Gasteiger partial charge in [-0.3, -0.25) is 0 Å². The maximum atomic E-state index is 6.03. The second-order valence-electron chi connectivity index (χ2n) is 4.68. The first-order valence-electron chi connectivity index (χ1n) is 6.39. The Labute approximate surface area is 108 Å². The van der Waals surface area contributed by atoms with Gasteiger partial charge in [0, 0.05) is 11.1 Å². The van der Waals surface area contributed by atoms with Gasteiger partial charge < -0.3 is 10.1 Å². The Kier molecular flexibility index (Phi) is 4.55. The predicted molar refractivity (Wildman–Crippen MR) is 73.1 cm³/mol. The van der Waals surface area contributed by atoms with Crippen LogP contribution in [-0.2, 0) is 0 Å². The van der Waals surface area contributed by atoms with Gasteiger partial charge in [0.25, 0.3) is 0 Å². The van der Waals surface area contributed by atoms with Gasteiger partial charge in [-0.15, -0.1) is 0 Å². The first-order valence-corrected chi connectivity index (χ1v) is 6.77. The molecule has 0 bridgehead atoms. The molecule has 1 aromatic rings. The Balaban J connectivity index is 2.07. The molecule has 0 spiro atoms. The van der Waals surface area contributed by atoms with Gasteiger partial charge in [-0.05, 0) is 31.0 Å². The normalized spacial score (nSPS) is 17.5. The molecule has 0 unspecified atom stereocenters. The number of anilines is 1. The maximum Gasteiger partial charge on any atom is 0.142 e. The highest BCUT2D eigenvalue weighted by molar-refractivity contribution is 6.30. The molecule has 2 nitrogen and oxygen atoms in total. The topological polar surface area (TPSA) is 21.3 Å². The summed E-state index contributed by atoms with van der Waals surface area (Å²) in [6.07, 6.45) is 7.86. The van der Waals surface area contributed by atoms with E-state index in [1.54, 1.807) is 7.11 Å². The summed E-state index contributed by atoms with van der Waals surface area (Å²) in [6.45, 7) is 0. The minimum atomic E-state index is 0.560. The SMILES string of the molecule is COc1ccc(Cl)cc1NC1CCCCCC1. The van der Waals surface area contributed by atoms with E-state index in [9.17, 15) is 0 Å². The van der Waals surface area contributed by atoms with Gasteiger partial charge in [-0.25, -0.2) is 0 Å². The van der Waals surface area contributed by atoms with E-state index in [-0.39, 0.29) is 0 Å². The highest BCUT2D eigenvalue weighted by Crippen LogP contribution is 2.30. The molecule has 17 heavy (non-hydrogen) atoms. The molecule has 94 valence electrons. The lowest BCUT2D eigenvalue weighted by molar-refractivity contribution is 0.415. The van der Waals surface area contributed by atoms with Gasteiger partial charge in [0.1, 0.15) is 5.75 Å². The minimum Gasteiger partial charge on any atom is -0.495 e. The first kappa shape index (κ1) is 12.6. The van der Waals surface area contributed by atoms with Crippen molar-refractivity contribution in [3.63, 3.8) is 0 Å². The third-order valence-electron chi connectivity index (χ3n) is 3.38. The Morgan fingerprint density at radius 1 is 1.18 bits per heavy atom. The Hall–Kier alpha value is -0.890. The van der Waals surface area contributed by atoms with Crippen LogP contribution in [0.1, 0.15) is 38.5 Å². The van der Waals surface area contributed by atoms with Gasteiger partial charge >= 0.3 is 0 Å². The fourth-order valence-electron chi connectivity index (χ4n) is 2.44. The summed E-state index contributed by atoms with van der Waals surface area (Å²) in [4.78, 5) is 0. The highest BCUT2D eigenvalue weighted by Gasteiger charge is 2.14. The molecule has 0 heterocycles. The van der Waals surface area contributed by atoms with Crippen LogP contribution in [-0.4, -0.2) is 13.2 Å². The number of ether oxygens (including phenoxy) is 1. The molecule has 1 fully saturated rings.